The quantitative estimate of drug-likeness (QED) is 0.768. The lowest BCUT2D eigenvalue weighted by atomic mass is 10.1. The number of amides is 1. The minimum absolute atomic E-state index is 0.0601. The average Bonchev–Trinajstić information content (AvgIpc) is 2.41. The minimum Gasteiger partial charge on any atom is -0.354 e. The van der Waals surface area contributed by atoms with Gasteiger partial charge < -0.3 is 10.6 Å². The van der Waals surface area contributed by atoms with Crippen molar-refractivity contribution in [2.45, 2.75) is 52.1 Å². The van der Waals surface area contributed by atoms with Gasteiger partial charge in [-0.3, -0.25) is 4.79 Å². The van der Waals surface area contributed by atoms with E-state index < -0.39 is 0 Å². The topological polar surface area (TPSA) is 41.1 Å². The summed E-state index contributed by atoms with van der Waals surface area (Å²) in [6.07, 6.45) is 2.01. The van der Waals surface area contributed by atoms with Gasteiger partial charge in [0.25, 0.3) is 0 Å². The van der Waals surface area contributed by atoms with Crippen LogP contribution < -0.4 is 10.6 Å². The van der Waals surface area contributed by atoms with Gasteiger partial charge in [-0.15, -0.1) is 0 Å². The third kappa shape index (κ3) is 6.15. The fourth-order valence-corrected chi connectivity index (χ4v) is 1.95. The summed E-state index contributed by atoms with van der Waals surface area (Å²) < 4.78 is 13.5. The highest BCUT2D eigenvalue weighted by molar-refractivity contribution is 5.76. The van der Waals surface area contributed by atoms with Gasteiger partial charge in [0.05, 0.1) is 0 Å². The zero-order valence-electron chi connectivity index (χ0n) is 12.6. The van der Waals surface area contributed by atoms with E-state index in [2.05, 4.69) is 10.6 Å². The van der Waals surface area contributed by atoms with Crippen molar-refractivity contribution in [2.75, 3.05) is 6.54 Å². The van der Waals surface area contributed by atoms with Crippen LogP contribution >= 0.6 is 0 Å². The maximum atomic E-state index is 13.5. The lowest BCUT2D eigenvalue weighted by Crippen LogP contribution is -2.36. The highest BCUT2D eigenvalue weighted by Crippen LogP contribution is 2.08. The Hall–Kier alpha value is -1.42. The van der Waals surface area contributed by atoms with Crippen LogP contribution in [0.25, 0.3) is 0 Å². The molecule has 0 spiro atoms. The molecule has 0 aliphatic heterocycles. The van der Waals surface area contributed by atoms with Gasteiger partial charge in [-0.1, -0.05) is 25.1 Å². The monoisotopic (exact) mass is 280 g/mol. The van der Waals surface area contributed by atoms with E-state index in [4.69, 9.17) is 0 Å². The van der Waals surface area contributed by atoms with Crippen molar-refractivity contribution in [3.63, 3.8) is 0 Å². The Kier molecular flexibility index (Phi) is 7.23. The molecule has 1 rings (SSSR count). The molecule has 1 aromatic carbocycles. The molecular formula is C16H25FN2O. The van der Waals surface area contributed by atoms with Crippen LogP contribution in [0.15, 0.2) is 24.3 Å². The van der Waals surface area contributed by atoms with Gasteiger partial charge in [0, 0.05) is 25.0 Å². The lowest BCUT2D eigenvalue weighted by Gasteiger charge is -2.15. The summed E-state index contributed by atoms with van der Waals surface area (Å²) in [5, 5.41) is 6.18. The second-order valence-corrected chi connectivity index (χ2v) is 5.28. The summed E-state index contributed by atoms with van der Waals surface area (Å²) in [4.78, 5) is 11.6. The fraction of sp³-hybridized carbons (Fsp3) is 0.562. The predicted octanol–water partition coefficient (Wildman–Crippen LogP) is 2.65. The number of nitrogens with one attached hydrogen (secondary N) is 2. The smallest absolute Gasteiger partial charge is 0.221 e. The Morgan fingerprint density at radius 2 is 1.95 bits per heavy atom. The average molecular weight is 280 g/mol. The third-order valence-corrected chi connectivity index (χ3v) is 3.35. The van der Waals surface area contributed by atoms with Crippen LogP contribution in [0.5, 0.6) is 0 Å². The molecule has 0 heterocycles. The molecule has 0 saturated heterocycles. The molecule has 0 fully saturated rings. The summed E-state index contributed by atoms with van der Waals surface area (Å²) >= 11 is 0. The SMILES string of the molecule is CCC(C)NC(=O)CCNC(C)Cc1ccccc1F. The first kappa shape index (κ1) is 16.6. The largest absolute Gasteiger partial charge is 0.354 e. The molecule has 3 nitrogen and oxygen atoms in total. The number of carbonyl (C=O) groups excluding carboxylic acids is 1. The lowest BCUT2D eigenvalue weighted by molar-refractivity contribution is -0.121. The molecule has 1 amide bonds. The van der Waals surface area contributed by atoms with Crippen LogP contribution in [0.1, 0.15) is 39.2 Å². The zero-order chi connectivity index (χ0) is 15.0. The highest BCUT2D eigenvalue weighted by atomic mass is 19.1. The van der Waals surface area contributed by atoms with Crippen LogP contribution in [0.4, 0.5) is 4.39 Å². The van der Waals surface area contributed by atoms with Crippen LogP contribution in [-0.4, -0.2) is 24.5 Å². The minimum atomic E-state index is -0.171. The van der Waals surface area contributed by atoms with Crippen LogP contribution in [0.3, 0.4) is 0 Å². The number of hydrogen-bond acceptors (Lipinski definition) is 2. The first-order valence-electron chi connectivity index (χ1n) is 7.29. The van der Waals surface area contributed by atoms with E-state index in [-0.39, 0.29) is 23.8 Å². The summed E-state index contributed by atoms with van der Waals surface area (Å²) in [7, 11) is 0. The van der Waals surface area contributed by atoms with Crippen LogP contribution in [-0.2, 0) is 11.2 Å². The molecule has 0 aromatic heterocycles. The van der Waals surface area contributed by atoms with Gasteiger partial charge in [-0.05, 0) is 38.3 Å². The summed E-state index contributed by atoms with van der Waals surface area (Å²) in [5.41, 5.74) is 0.705. The molecule has 0 radical (unpaired) electrons. The zero-order valence-corrected chi connectivity index (χ0v) is 12.6. The maximum absolute atomic E-state index is 13.5. The van der Waals surface area contributed by atoms with Gasteiger partial charge in [0.15, 0.2) is 0 Å². The maximum Gasteiger partial charge on any atom is 0.221 e. The van der Waals surface area contributed by atoms with Crippen LogP contribution in [0, 0.1) is 5.82 Å². The van der Waals surface area contributed by atoms with Gasteiger partial charge in [-0.25, -0.2) is 4.39 Å². The van der Waals surface area contributed by atoms with Gasteiger partial charge in [-0.2, -0.15) is 0 Å². The molecule has 0 aliphatic carbocycles. The van der Waals surface area contributed by atoms with Crippen molar-refractivity contribution in [3.05, 3.63) is 35.6 Å². The summed E-state index contributed by atoms with van der Waals surface area (Å²) in [5.74, 6) is -0.111. The Balaban J connectivity index is 2.25. The predicted molar refractivity (Wildman–Crippen MR) is 80.1 cm³/mol. The Morgan fingerprint density at radius 1 is 1.25 bits per heavy atom. The molecule has 2 unspecified atom stereocenters. The molecule has 2 N–H and O–H groups in total. The van der Waals surface area contributed by atoms with Gasteiger partial charge in [0.2, 0.25) is 5.91 Å². The fourth-order valence-electron chi connectivity index (χ4n) is 1.95. The van der Waals surface area contributed by atoms with Gasteiger partial charge in [0.1, 0.15) is 5.82 Å². The Morgan fingerprint density at radius 3 is 2.60 bits per heavy atom. The molecular weight excluding hydrogens is 255 g/mol. The standard InChI is InChI=1S/C16H25FN2O/c1-4-12(2)19-16(20)9-10-18-13(3)11-14-7-5-6-8-15(14)17/h5-8,12-13,18H,4,9-11H2,1-3H3,(H,19,20). The van der Waals surface area contributed by atoms with Crippen molar-refractivity contribution in [2.24, 2.45) is 0 Å². The summed E-state index contributed by atoms with van der Waals surface area (Å²) in [6.45, 7) is 6.64. The van der Waals surface area contributed by atoms with E-state index in [0.717, 1.165) is 6.42 Å². The van der Waals surface area contributed by atoms with E-state index in [0.29, 0.717) is 24.9 Å². The number of halogens is 1. The molecule has 2 atom stereocenters. The molecule has 0 bridgehead atoms. The van der Waals surface area contributed by atoms with Gasteiger partial charge >= 0.3 is 0 Å². The number of benzene rings is 1. The molecule has 1 aromatic rings. The van der Waals surface area contributed by atoms with Crippen molar-refractivity contribution in [1.82, 2.24) is 10.6 Å². The molecule has 20 heavy (non-hydrogen) atoms. The van der Waals surface area contributed by atoms with Crippen molar-refractivity contribution < 1.29 is 9.18 Å². The van der Waals surface area contributed by atoms with Crippen molar-refractivity contribution >= 4 is 5.91 Å². The highest BCUT2D eigenvalue weighted by Gasteiger charge is 2.09. The molecule has 0 aliphatic rings. The van der Waals surface area contributed by atoms with Crippen molar-refractivity contribution in [3.8, 4) is 0 Å². The number of carbonyl (C=O) groups is 1. The van der Waals surface area contributed by atoms with Crippen molar-refractivity contribution in [1.29, 1.82) is 0 Å². The summed E-state index contributed by atoms with van der Waals surface area (Å²) in [6, 6.07) is 7.16. The first-order valence-corrected chi connectivity index (χ1v) is 7.29. The second kappa shape index (κ2) is 8.69. The Bertz CT molecular complexity index is 423. The second-order valence-electron chi connectivity index (χ2n) is 5.28. The van der Waals surface area contributed by atoms with E-state index in [1.807, 2.05) is 26.8 Å². The molecule has 4 heteroatoms. The van der Waals surface area contributed by atoms with E-state index in [1.54, 1.807) is 12.1 Å². The Labute approximate surface area is 121 Å². The third-order valence-electron chi connectivity index (χ3n) is 3.35. The number of hydrogen-bond donors (Lipinski definition) is 2. The number of rotatable bonds is 8. The first-order chi connectivity index (χ1) is 9.52. The normalized spacial score (nSPS) is 13.8. The molecule has 112 valence electrons. The van der Waals surface area contributed by atoms with E-state index in [9.17, 15) is 9.18 Å². The van der Waals surface area contributed by atoms with E-state index in [1.165, 1.54) is 6.07 Å². The van der Waals surface area contributed by atoms with E-state index >= 15 is 0 Å². The molecule has 0 saturated carbocycles. The van der Waals surface area contributed by atoms with Crippen LogP contribution in [0.2, 0.25) is 0 Å².